The summed E-state index contributed by atoms with van der Waals surface area (Å²) in [5.74, 6) is 2.16. The van der Waals surface area contributed by atoms with Gasteiger partial charge in [-0.3, -0.25) is 5.10 Å². The van der Waals surface area contributed by atoms with Gasteiger partial charge in [0.05, 0.1) is 4.88 Å². The summed E-state index contributed by atoms with van der Waals surface area (Å²) in [6.45, 7) is 6.29. The minimum absolute atomic E-state index is 0.400. The summed E-state index contributed by atoms with van der Waals surface area (Å²) < 4.78 is 0. The quantitative estimate of drug-likeness (QED) is 0.822. The number of nitrogens with one attached hydrogen (secondary N) is 1. The van der Waals surface area contributed by atoms with E-state index in [0.29, 0.717) is 5.92 Å². The van der Waals surface area contributed by atoms with Crippen LogP contribution < -0.4 is 0 Å². The zero-order valence-electron chi connectivity index (χ0n) is 8.53. The summed E-state index contributed by atoms with van der Waals surface area (Å²) in [6, 6.07) is 4.15. The number of aryl methyl sites for hydroxylation is 1. The molecular weight excluding hydrogens is 194 g/mol. The topological polar surface area (TPSA) is 41.6 Å². The molecule has 2 aromatic heterocycles. The number of hydrogen-bond acceptors (Lipinski definition) is 3. The van der Waals surface area contributed by atoms with Crippen molar-refractivity contribution in [1.82, 2.24) is 15.2 Å². The van der Waals surface area contributed by atoms with E-state index >= 15 is 0 Å². The van der Waals surface area contributed by atoms with Gasteiger partial charge in [0.15, 0.2) is 5.82 Å². The first-order valence-electron chi connectivity index (χ1n) is 4.66. The molecular formula is C10H13N3S. The number of nitrogens with zero attached hydrogens (tertiary/aromatic N) is 2. The van der Waals surface area contributed by atoms with Crippen LogP contribution in [0.25, 0.3) is 10.7 Å². The van der Waals surface area contributed by atoms with Crippen molar-refractivity contribution in [3.8, 4) is 10.7 Å². The second-order valence-corrected chi connectivity index (χ2v) is 4.90. The molecule has 0 saturated carbocycles. The fraction of sp³-hybridized carbons (Fsp3) is 0.400. The molecule has 74 valence electrons. The molecule has 0 aliphatic carbocycles. The van der Waals surface area contributed by atoms with Crippen LogP contribution in [-0.2, 0) is 0 Å². The van der Waals surface area contributed by atoms with E-state index in [4.69, 9.17) is 0 Å². The molecule has 0 spiro atoms. The molecule has 4 heteroatoms. The Bertz CT molecular complexity index is 428. The molecule has 0 fully saturated rings. The van der Waals surface area contributed by atoms with Crippen LogP contribution in [0.3, 0.4) is 0 Å². The maximum Gasteiger partial charge on any atom is 0.191 e. The summed E-state index contributed by atoms with van der Waals surface area (Å²) in [5.41, 5.74) is 0. The zero-order valence-corrected chi connectivity index (χ0v) is 9.35. The highest BCUT2D eigenvalue weighted by Gasteiger charge is 2.09. The van der Waals surface area contributed by atoms with E-state index in [-0.39, 0.29) is 0 Å². The average molecular weight is 207 g/mol. The van der Waals surface area contributed by atoms with Crippen molar-refractivity contribution in [1.29, 1.82) is 0 Å². The number of aromatic nitrogens is 3. The van der Waals surface area contributed by atoms with Crippen molar-refractivity contribution in [3.63, 3.8) is 0 Å². The molecule has 0 saturated heterocycles. The van der Waals surface area contributed by atoms with Crippen molar-refractivity contribution < 1.29 is 0 Å². The van der Waals surface area contributed by atoms with E-state index in [2.05, 4.69) is 48.1 Å². The van der Waals surface area contributed by atoms with Crippen molar-refractivity contribution in [3.05, 3.63) is 22.8 Å². The second-order valence-electron chi connectivity index (χ2n) is 3.61. The van der Waals surface area contributed by atoms with Gasteiger partial charge in [-0.1, -0.05) is 13.8 Å². The first kappa shape index (κ1) is 9.40. The fourth-order valence-electron chi connectivity index (χ4n) is 1.20. The lowest BCUT2D eigenvalue weighted by Gasteiger charge is -1.94. The molecule has 14 heavy (non-hydrogen) atoms. The highest BCUT2D eigenvalue weighted by atomic mass is 32.1. The smallest absolute Gasteiger partial charge is 0.191 e. The molecule has 0 aliphatic rings. The lowest BCUT2D eigenvalue weighted by molar-refractivity contribution is 0.781. The largest absolute Gasteiger partial charge is 0.262 e. The van der Waals surface area contributed by atoms with Gasteiger partial charge in [-0.2, -0.15) is 5.10 Å². The molecule has 2 rings (SSSR count). The Kier molecular flexibility index (Phi) is 2.37. The van der Waals surface area contributed by atoms with E-state index in [0.717, 1.165) is 16.5 Å². The van der Waals surface area contributed by atoms with E-state index in [1.54, 1.807) is 11.3 Å². The molecule has 0 amide bonds. The second kappa shape index (κ2) is 3.53. The summed E-state index contributed by atoms with van der Waals surface area (Å²) in [4.78, 5) is 6.86. The first-order valence-corrected chi connectivity index (χ1v) is 5.47. The van der Waals surface area contributed by atoms with Crippen LogP contribution in [-0.4, -0.2) is 15.2 Å². The number of hydrogen-bond donors (Lipinski definition) is 1. The summed E-state index contributed by atoms with van der Waals surface area (Å²) in [6.07, 6.45) is 0. The number of aromatic amines is 1. The molecule has 0 bridgehead atoms. The van der Waals surface area contributed by atoms with Crippen molar-refractivity contribution in [2.75, 3.05) is 0 Å². The summed E-state index contributed by atoms with van der Waals surface area (Å²) in [5, 5.41) is 7.15. The molecule has 0 radical (unpaired) electrons. The van der Waals surface area contributed by atoms with Gasteiger partial charge in [-0.25, -0.2) is 4.98 Å². The zero-order chi connectivity index (χ0) is 10.1. The first-order chi connectivity index (χ1) is 6.66. The van der Waals surface area contributed by atoms with Crippen LogP contribution in [0.1, 0.15) is 30.5 Å². The summed E-state index contributed by atoms with van der Waals surface area (Å²) >= 11 is 1.72. The third-order valence-electron chi connectivity index (χ3n) is 2.01. The molecule has 2 aromatic rings. The standard InChI is InChI=1S/C10H13N3S/c1-6(2)9-11-10(13-12-9)8-5-4-7(3)14-8/h4-6H,1-3H3,(H,11,12,13). The normalized spacial score (nSPS) is 11.1. The Morgan fingerprint density at radius 2 is 2.14 bits per heavy atom. The predicted molar refractivity (Wildman–Crippen MR) is 58.5 cm³/mol. The molecule has 0 aliphatic heterocycles. The van der Waals surface area contributed by atoms with E-state index in [1.807, 2.05) is 0 Å². The third-order valence-corrected chi connectivity index (χ3v) is 3.01. The van der Waals surface area contributed by atoms with Crippen LogP contribution in [0.4, 0.5) is 0 Å². The maximum atomic E-state index is 4.44. The lowest BCUT2D eigenvalue weighted by Crippen LogP contribution is -1.89. The fourth-order valence-corrected chi connectivity index (χ4v) is 2.00. The Balaban J connectivity index is 2.33. The third kappa shape index (κ3) is 1.70. The van der Waals surface area contributed by atoms with Gasteiger partial charge >= 0.3 is 0 Å². The number of thiophene rings is 1. The van der Waals surface area contributed by atoms with Gasteiger partial charge in [0, 0.05) is 10.8 Å². The van der Waals surface area contributed by atoms with E-state index in [1.165, 1.54) is 4.88 Å². The van der Waals surface area contributed by atoms with E-state index < -0.39 is 0 Å². The van der Waals surface area contributed by atoms with Crippen LogP contribution in [0.2, 0.25) is 0 Å². The molecule has 0 unspecified atom stereocenters. The average Bonchev–Trinajstić information content (AvgIpc) is 2.70. The Labute approximate surface area is 87.2 Å². The van der Waals surface area contributed by atoms with Gasteiger partial charge in [0.2, 0.25) is 0 Å². The van der Waals surface area contributed by atoms with Crippen molar-refractivity contribution >= 4 is 11.3 Å². The van der Waals surface area contributed by atoms with Crippen molar-refractivity contribution in [2.45, 2.75) is 26.7 Å². The Morgan fingerprint density at radius 3 is 2.64 bits per heavy atom. The molecule has 2 heterocycles. The minimum Gasteiger partial charge on any atom is -0.262 e. The van der Waals surface area contributed by atoms with Gasteiger partial charge in [0.1, 0.15) is 5.82 Å². The number of H-pyrrole nitrogens is 1. The summed E-state index contributed by atoms with van der Waals surface area (Å²) in [7, 11) is 0. The minimum atomic E-state index is 0.400. The number of rotatable bonds is 2. The van der Waals surface area contributed by atoms with E-state index in [9.17, 15) is 0 Å². The van der Waals surface area contributed by atoms with Crippen LogP contribution in [0.5, 0.6) is 0 Å². The molecule has 0 aromatic carbocycles. The van der Waals surface area contributed by atoms with Gasteiger partial charge in [-0.15, -0.1) is 11.3 Å². The Hall–Kier alpha value is -1.16. The SMILES string of the molecule is Cc1ccc(-c2n[nH]c(C(C)C)n2)s1. The highest BCUT2D eigenvalue weighted by Crippen LogP contribution is 2.25. The van der Waals surface area contributed by atoms with Crippen LogP contribution in [0, 0.1) is 6.92 Å². The van der Waals surface area contributed by atoms with Gasteiger partial charge in [-0.05, 0) is 19.1 Å². The highest BCUT2D eigenvalue weighted by molar-refractivity contribution is 7.15. The maximum absolute atomic E-state index is 4.44. The molecule has 0 atom stereocenters. The monoisotopic (exact) mass is 207 g/mol. The lowest BCUT2D eigenvalue weighted by atomic mass is 10.2. The van der Waals surface area contributed by atoms with Crippen LogP contribution in [0.15, 0.2) is 12.1 Å². The van der Waals surface area contributed by atoms with Crippen LogP contribution >= 0.6 is 11.3 Å². The predicted octanol–water partition coefficient (Wildman–Crippen LogP) is 2.97. The molecule has 3 nitrogen and oxygen atoms in total. The Morgan fingerprint density at radius 1 is 1.36 bits per heavy atom. The van der Waals surface area contributed by atoms with Crippen molar-refractivity contribution in [2.24, 2.45) is 0 Å². The van der Waals surface area contributed by atoms with Gasteiger partial charge < -0.3 is 0 Å². The van der Waals surface area contributed by atoms with Gasteiger partial charge in [0.25, 0.3) is 0 Å². The molecule has 1 N–H and O–H groups in total.